The number of aryl methyl sites for hydroxylation is 1. The summed E-state index contributed by atoms with van der Waals surface area (Å²) >= 11 is 2.09. The molecule has 1 saturated heterocycles. The normalized spacial score (nSPS) is 23.4. The Balaban J connectivity index is 1.65. The van der Waals surface area contributed by atoms with Gasteiger partial charge in [-0.3, -0.25) is 0 Å². The van der Waals surface area contributed by atoms with Gasteiger partial charge in [0.05, 0.1) is 11.9 Å². The fraction of sp³-hybridized carbons (Fsp3) is 0.571. The van der Waals surface area contributed by atoms with Crippen LogP contribution in [-0.4, -0.2) is 27.3 Å². The van der Waals surface area contributed by atoms with Crippen molar-refractivity contribution >= 4 is 11.8 Å². The van der Waals surface area contributed by atoms with Gasteiger partial charge in [0.25, 0.3) is 0 Å². The Bertz CT molecular complexity index is 726. The first-order valence-corrected chi connectivity index (χ1v) is 10.6. The average molecular weight is 356 g/mol. The van der Waals surface area contributed by atoms with Crippen LogP contribution < -0.4 is 5.32 Å². The maximum Gasteiger partial charge on any atom is 0.0649 e. The van der Waals surface area contributed by atoms with Crippen LogP contribution in [0.3, 0.4) is 0 Å². The van der Waals surface area contributed by atoms with E-state index in [-0.39, 0.29) is 0 Å². The fourth-order valence-corrected chi connectivity index (χ4v) is 5.35. The van der Waals surface area contributed by atoms with E-state index in [1.54, 1.807) is 0 Å². The number of thioether (sulfide) groups is 1. The first kappa shape index (κ1) is 17.2. The maximum atomic E-state index is 4.78. The van der Waals surface area contributed by atoms with Crippen molar-refractivity contribution in [2.24, 2.45) is 5.41 Å². The highest BCUT2D eigenvalue weighted by atomic mass is 32.2. The standard InChI is InChI=1S/C21H29N3S/c1-15-4-6-17(7-5-15)24-20-13-21(2,3)12-19(18(20)14-22-24)23-16-8-10-25-11-9-16/h4-7,14,16,19,23H,8-13H2,1-3H3/t19-/m0/s1. The summed E-state index contributed by atoms with van der Waals surface area (Å²) in [6.07, 6.45) is 6.99. The summed E-state index contributed by atoms with van der Waals surface area (Å²) in [6, 6.07) is 9.82. The number of nitrogens with zero attached hydrogens (tertiary/aromatic N) is 2. The molecule has 1 fully saturated rings. The highest BCUT2D eigenvalue weighted by Gasteiger charge is 2.36. The molecule has 0 bridgehead atoms. The van der Waals surface area contributed by atoms with Crippen LogP contribution in [0.25, 0.3) is 5.69 Å². The van der Waals surface area contributed by atoms with E-state index in [2.05, 4.69) is 73.0 Å². The van der Waals surface area contributed by atoms with Gasteiger partial charge >= 0.3 is 0 Å². The minimum absolute atomic E-state index is 0.302. The molecule has 1 aliphatic heterocycles. The van der Waals surface area contributed by atoms with Crippen LogP contribution in [0.4, 0.5) is 0 Å². The van der Waals surface area contributed by atoms with Gasteiger partial charge in [-0.2, -0.15) is 16.9 Å². The van der Waals surface area contributed by atoms with Crippen molar-refractivity contribution in [3.63, 3.8) is 0 Å². The lowest BCUT2D eigenvalue weighted by atomic mass is 9.74. The van der Waals surface area contributed by atoms with Crippen molar-refractivity contribution in [2.45, 2.75) is 58.5 Å². The van der Waals surface area contributed by atoms with Crippen LogP contribution in [0.1, 0.15) is 56.0 Å². The van der Waals surface area contributed by atoms with Crippen molar-refractivity contribution in [1.29, 1.82) is 0 Å². The third-order valence-corrected chi connectivity index (χ3v) is 6.66. The van der Waals surface area contributed by atoms with E-state index in [1.165, 1.54) is 53.3 Å². The van der Waals surface area contributed by atoms with Crippen molar-refractivity contribution in [2.75, 3.05) is 11.5 Å². The molecule has 2 aliphatic rings. The first-order valence-electron chi connectivity index (χ1n) is 9.49. The van der Waals surface area contributed by atoms with Gasteiger partial charge in [0.2, 0.25) is 0 Å². The van der Waals surface area contributed by atoms with E-state index in [4.69, 9.17) is 5.10 Å². The van der Waals surface area contributed by atoms with E-state index in [0.717, 1.165) is 6.42 Å². The van der Waals surface area contributed by atoms with Crippen LogP contribution in [0.5, 0.6) is 0 Å². The number of fused-ring (bicyclic) bond motifs is 1. The minimum Gasteiger partial charge on any atom is -0.307 e. The lowest BCUT2D eigenvalue weighted by Crippen LogP contribution is -2.40. The highest BCUT2D eigenvalue weighted by molar-refractivity contribution is 7.99. The zero-order chi connectivity index (χ0) is 17.4. The number of hydrogen-bond acceptors (Lipinski definition) is 3. The van der Waals surface area contributed by atoms with Gasteiger partial charge in [0.15, 0.2) is 0 Å². The molecule has 4 rings (SSSR count). The second-order valence-electron chi connectivity index (χ2n) is 8.44. The molecule has 25 heavy (non-hydrogen) atoms. The van der Waals surface area contributed by atoms with Gasteiger partial charge in [0, 0.05) is 23.3 Å². The summed E-state index contributed by atoms with van der Waals surface area (Å²) in [5.74, 6) is 2.59. The predicted molar refractivity (Wildman–Crippen MR) is 107 cm³/mol. The van der Waals surface area contributed by atoms with E-state index >= 15 is 0 Å². The summed E-state index contributed by atoms with van der Waals surface area (Å²) in [5, 5.41) is 8.76. The molecule has 2 aromatic rings. The smallest absolute Gasteiger partial charge is 0.0649 e. The predicted octanol–water partition coefficient (Wildman–Crippen LogP) is 4.68. The largest absolute Gasteiger partial charge is 0.307 e. The van der Waals surface area contributed by atoms with Crippen LogP contribution in [-0.2, 0) is 6.42 Å². The molecule has 0 radical (unpaired) electrons. The fourth-order valence-electron chi connectivity index (χ4n) is 4.25. The maximum absolute atomic E-state index is 4.78. The molecule has 1 aliphatic carbocycles. The molecule has 1 atom stereocenters. The van der Waals surface area contributed by atoms with E-state index in [9.17, 15) is 0 Å². The monoisotopic (exact) mass is 355 g/mol. The van der Waals surface area contributed by atoms with E-state index in [0.29, 0.717) is 17.5 Å². The Morgan fingerprint density at radius 2 is 1.88 bits per heavy atom. The molecular formula is C21H29N3S. The molecule has 134 valence electrons. The number of hydrogen-bond donors (Lipinski definition) is 1. The lowest BCUT2D eigenvalue weighted by Gasteiger charge is -2.38. The van der Waals surface area contributed by atoms with Crippen LogP contribution in [0.15, 0.2) is 30.5 Å². The number of benzene rings is 1. The zero-order valence-electron chi connectivity index (χ0n) is 15.6. The Hall–Kier alpha value is -1.26. The highest BCUT2D eigenvalue weighted by Crippen LogP contribution is 2.42. The molecule has 0 amide bonds. The molecular weight excluding hydrogens is 326 g/mol. The second kappa shape index (κ2) is 6.81. The quantitative estimate of drug-likeness (QED) is 0.867. The minimum atomic E-state index is 0.302. The van der Waals surface area contributed by atoms with E-state index < -0.39 is 0 Å². The topological polar surface area (TPSA) is 29.9 Å². The van der Waals surface area contributed by atoms with Crippen molar-refractivity contribution in [3.05, 3.63) is 47.3 Å². The Kier molecular flexibility index (Phi) is 4.67. The number of nitrogens with one attached hydrogen (secondary N) is 1. The van der Waals surface area contributed by atoms with Gasteiger partial charge in [0.1, 0.15) is 0 Å². The summed E-state index contributed by atoms with van der Waals surface area (Å²) in [7, 11) is 0. The van der Waals surface area contributed by atoms with Gasteiger partial charge < -0.3 is 5.32 Å². The van der Waals surface area contributed by atoms with Crippen LogP contribution in [0.2, 0.25) is 0 Å². The molecule has 1 aromatic heterocycles. The summed E-state index contributed by atoms with van der Waals surface area (Å²) in [5.41, 5.74) is 5.58. The van der Waals surface area contributed by atoms with Crippen LogP contribution in [0, 0.1) is 12.3 Å². The van der Waals surface area contributed by atoms with Gasteiger partial charge in [-0.05, 0) is 61.7 Å². The first-order chi connectivity index (χ1) is 12.0. The SMILES string of the molecule is Cc1ccc(-n2ncc3c2CC(C)(C)C[C@@H]3NC2CCSCC2)cc1. The summed E-state index contributed by atoms with van der Waals surface area (Å²) in [4.78, 5) is 0. The summed E-state index contributed by atoms with van der Waals surface area (Å²) in [6.45, 7) is 6.93. The van der Waals surface area contributed by atoms with Gasteiger partial charge in [-0.25, -0.2) is 4.68 Å². The van der Waals surface area contributed by atoms with Crippen LogP contribution >= 0.6 is 11.8 Å². The van der Waals surface area contributed by atoms with E-state index in [1.807, 2.05) is 0 Å². The Morgan fingerprint density at radius 1 is 1.16 bits per heavy atom. The van der Waals surface area contributed by atoms with Crippen molar-refractivity contribution in [3.8, 4) is 5.69 Å². The number of rotatable bonds is 3. The molecule has 1 aromatic carbocycles. The Labute approximate surface area is 155 Å². The average Bonchev–Trinajstić information content (AvgIpc) is 2.99. The van der Waals surface area contributed by atoms with Crippen molar-refractivity contribution in [1.82, 2.24) is 15.1 Å². The molecule has 4 heteroatoms. The summed E-state index contributed by atoms with van der Waals surface area (Å²) < 4.78 is 2.17. The molecule has 2 heterocycles. The third-order valence-electron chi connectivity index (χ3n) is 5.62. The number of aromatic nitrogens is 2. The molecule has 1 N–H and O–H groups in total. The van der Waals surface area contributed by atoms with Crippen molar-refractivity contribution < 1.29 is 0 Å². The molecule has 0 unspecified atom stereocenters. The zero-order valence-corrected chi connectivity index (χ0v) is 16.4. The lowest BCUT2D eigenvalue weighted by molar-refractivity contribution is 0.238. The molecule has 0 saturated carbocycles. The van der Waals surface area contributed by atoms with Gasteiger partial charge in [-0.15, -0.1) is 0 Å². The third kappa shape index (κ3) is 3.65. The Morgan fingerprint density at radius 3 is 2.60 bits per heavy atom. The molecule has 3 nitrogen and oxygen atoms in total. The molecule has 0 spiro atoms. The second-order valence-corrected chi connectivity index (χ2v) is 9.67. The van der Waals surface area contributed by atoms with Gasteiger partial charge in [-0.1, -0.05) is 31.5 Å².